The summed E-state index contributed by atoms with van der Waals surface area (Å²) in [6.45, 7) is 6.01. The van der Waals surface area contributed by atoms with E-state index in [0.717, 1.165) is 28.8 Å². The molecule has 90 valence electrons. The van der Waals surface area contributed by atoms with E-state index in [9.17, 15) is 0 Å². The first kappa shape index (κ1) is 11.1. The van der Waals surface area contributed by atoms with Crippen LogP contribution in [0.2, 0.25) is 0 Å². The quantitative estimate of drug-likeness (QED) is 0.585. The lowest BCUT2D eigenvalue weighted by atomic mass is 10.0. The fourth-order valence-corrected chi connectivity index (χ4v) is 2.68. The Morgan fingerprint density at radius 3 is 2.76 bits per heavy atom. The van der Waals surface area contributed by atoms with E-state index >= 15 is 0 Å². The maximum atomic E-state index is 5.82. The zero-order chi connectivity index (χ0) is 12.2. The van der Waals surface area contributed by atoms with Crippen LogP contribution in [0.25, 0.3) is 11.1 Å². The van der Waals surface area contributed by atoms with Gasteiger partial charge < -0.3 is 13.9 Å². The molecule has 1 aromatic carbocycles. The summed E-state index contributed by atoms with van der Waals surface area (Å²) in [6, 6.07) is 0. The first-order chi connectivity index (χ1) is 8.03. The number of rotatable bonds is 1. The highest BCUT2D eigenvalue weighted by Crippen LogP contribution is 2.50. The van der Waals surface area contributed by atoms with Crippen molar-refractivity contribution in [3.8, 4) is 11.5 Å². The average molecular weight is 345 g/mol. The van der Waals surface area contributed by atoms with Crippen LogP contribution < -0.4 is 9.47 Å². The molecule has 1 atom stereocenters. The van der Waals surface area contributed by atoms with Crippen molar-refractivity contribution in [1.82, 2.24) is 4.98 Å². The van der Waals surface area contributed by atoms with E-state index in [0.29, 0.717) is 11.3 Å². The van der Waals surface area contributed by atoms with Crippen LogP contribution in [0.5, 0.6) is 11.5 Å². The number of aromatic nitrogens is 1. The Bertz CT molecular complexity index is 603. The number of benzene rings is 1. The number of hydrogen-bond acceptors (Lipinski definition) is 4. The van der Waals surface area contributed by atoms with Gasteiger partial charge in [0.15, 0.2) is 12.1 Å². The van der Waals surface area contributed by atoms with Crippen molar-refractivity contribution in [3.05, 3.63) is 17.5 Å². The summed E-state index contributed by atoms with van der Waals surface area (Å²) in [4.78, 5) is 4.27. The fraction of sp³-hybridized carbons (Fsp3) is 0.417. The number of nitrogens with zero attached hydrogens (tertiary/aromatic N) is 1. The summed E-state index contributed by atoms with van der Waals surface area (Å²) in [6.07, 6.45) is 2.35. The number of hydrogen-bond donors (Lipinski definition) is 0. The number of ether oxygens (including phenoxy) is 2. The van der Waals surface area contributed by atoms with Crippen LogP contribution in [0.1, 0.15) is 25.0 Å². The van der Waals surface area contributed by atoms with Crippen molar-refractivity contribution in [1.29, 1.82) is 0 Å². The predicted molar refractivity (Wildman–Crippen MR) is 71.8 cm³/mol. The van der Waals surface area contributed by atoms with Gasteiger partial charge in [0.2, 0.25) is 11.3 Å². The van der Waals surface area contributed by atoms with Crippen LogP contribution in [-0.2, 0) is 6.42 Å². The van der Waals surface area contributed by atoms with Crippen molar-refractivity contribution in [2.24, 2.45) is 0 Å². The highest BCUT2D eigenvalue weighted by atomic mass is 127. The number of fused-ring (bicyclic) bond motifs is 3. The molecule has 3 rings (SSSR count). The summed E-state index contributed by atoms with van der Waals surface area (Å²) in [7, 11) is 0. The first-order valence-corrected chi connectivity index (χ1v) is 6.57. The molecule has 0 fully saturated rings. The summed E-state index contributed by atoms with van der Waals surface area (Å²) in [5.41, 5.74) is 3.80. The lowest BCUT2D eigenvalue weighted by Crippen LogP contribution is -2.25. The van der Waals surface area contributed by atoms with Crippen LogP contribution in [0.15, 0.2) is 10.8 Å². The number of oxazole rings is 1. The summed E-state index contributed by atoms with van der Waals surface area (Å²) < 4.78 is 16.4. The molecular weight excluding hydrogens is 333 g/mol. The average Bonchev–Trinajstić information content (AvgIpc) is 2.82. The molecule has 0 amide bonds. The molecule has 2 aromatic rings. The third-order valence-electron chi connectivity index (χ3n) is 2.98. The van der Waals surface area contributed by atoms with Gasteiger partial charge in [-0.15, -0.1) is 0 Å². The molecule has 0 saturated heterocycles. The van der Waals surface area contributed by atoms with Gasteiger partial charge >= 0.3 is 0 Å². The number of aryl methyl sites for hydroxylation is 1. The zero-order valence-electron chi connectivity index (χ0n) is 9.83. The standard InChI is InChI=1S/C12H12INO3/c1-4-7-6(2)9-11(17-12(3,13)16-9)10-8(7)14-5-15-10/h5H,4H2,1-3H3. The number of halogens is 1. The second kappa shape index (κ2) is 3.51. The van der Waals surface area contributed by atoms with E-state index in [1.807, 2.05) is 13.8 Å². The molecule has 4 nitrogen and oxygen atoms in total. The molecule has 2 heterocycles. The van der Waals surface area contributed by atoms with Crippen LogP contribution in [0.4, 0.5) is 0 Å². The Morgan fingerprint density at radius 1 is 1.35 bits per heavy atom. The molecule has 1 aliphatic heterocycles. The minimum absolute atomic E-state index is 0.670. The molecule has 0 bridgehead atoms. The molecule has 1 aromatic heterocycles. The topological polar surface area (TPSA) is 44.5 Å². The van der Waals surface area contributed by atoms with Crippen LogP contribution in [0.3, 0.4) is 0 Å². The summed E-state index contributed by atoms with van der Waals surface area (Å²) >= 11 is 2.13. The van der Waals surface area contributed by atoms with Gasteiger partial charge in [0.25, 0.3) is 3.79 Å². The number of alkyl halides is 1. The predicted octanol–water partition coefficient (Wildman–Crippen LogP) is 3.58. The Morgan fingerprint density at radius 2 is 2.06 bits per heavy atom. The lowest BCUT2D eigenvalue weighted by molar-refractivity contribution is 0.0489. The van der Waals surface area contributed by atoms with Crippen molar-refractivity contribution in [3.63, 3.8) is 0 Å². The van der Waals surface area contributed by atoms with Gasteiger partial charge in [-0.25, -0.2) is 4.98 Å². The lowest BCUT2D eigenvalue weighted by Gasteiger charge is -2.14. The Balaban J connectivity index is 2.38. The van der Waals surface area contributed by atoms with Gasteiger partial charge in [-0.2, -0.15) is 0 Å². The maximum absolute atomic E-state index is 5.82. The first-order valence-electron chi connectivity index (χ1n) is 5.49. The third-order valence-corrected chi connectivity index (χ3v) is 3.42. The fourth-order valence-electron chi connectivity index (χ4n) is 2.24. The van der Waals surface area contributed by atoms with Crippen molar-refractivity contribution >= 4 is 33.7 Å². The second-order valence-electron chi connectivity index (χ2n) is 4.18. The molecule has 5 heteroatoms. The van der Waals surface area contributed by atoms with Gasteiger partial charge in [-0.1, -0.05) is 6.92 Å². The molecule has 0 aliphatic carbocycles. The van der Waals surface area contributed by atoms with Gasteiger partial charge in [0.05, 0.1) is 0 Å². The largest absolute Gasteiger partial charge is 0.440 e. The maximum Gasteiger partial charge on any atom is 0.300 e. The summed E-state index contributed by atoms with van der Waals surface area (Å²) in [5, 5.41) is 0. The van der Waals surface area contributed by atoms with E-state index in [2.05, 4.69) is 34.5 Å². The zero-order valence-corrected chi connectivity index (χ0v) is 12.0. The van der Waals surface area contributed by atoms with E-state index in [-0.39, 0.29) is 0 Å². The minimum Gasteiger partial charge on any atom is -0.440 e. The van der Waals surface area contributed by atoms with Crippen LogP contribution in [0, 0.1) is 6.92 Å². The van der Waals surface area contributed by atoms with Gasteiger partial charge in [0.1, 0.15) is 5.52 Å². The van der Waals surface area contributed by atoms with Crippen molar-refractivity contribution < 1.29 is 13.9 Å². The van der Waals surface area contributed by atoms with Crippen LogP contribution in [-0.4, -0.2) is 8.78 Å². The van der Waals surface area contributed by atoms with Crippen LogP contribution >= 0.6 is 22.6 Å². The van der Waals surface area contributed by atoms with E-state index < -0.39 is 3.79 Å². The SMILES string of the molecule is CCc1c(C)c2c(c3ocnc13)OC(C)(I)O2. The van der Waals surface area contributed by atoms with Crippen molar-refractivity contribution in [2.75, 3.05) is 0 Å². The molecule has 0 spiro atoms. The molecule has 1 unspecified atom stereocenters. The van der Waals surface area contributed by atoms with E-state index in [1.54, 1.807) is 0 Å². The second-order valence-corrected chi connectivity index (χ2v) is 6.14. The van der Waals surface area contributed by atoms with Crippen molar-refractivity contribution in [2.45, 2.75) is 31.0 Å². The van der Waals surface area contributed by atoms with Gasteiger partial charge in [-0.05, 0) is 18.9 Å². The molecular formula is C12H12INO3. The monoisotopic (exact) mass is 345 g/mol. The molecule has 0 saturated carbocycles. The van der Waals surface area contributed by atoms with E-state index in [4.69, 9.17) is 13.9 Å². The Kier molecular flexibility index (Phi) is 2.30. The minimum atomic E-state index is -0.670. The third kappa shape index (κ3) is 1.51. The normalized spacial score (nSPS) is 22.4. The molecule has 0 N–H and O–H groups in total. The van der Waals surface area contributed by atoms with Gasteiger partial charge in [-0.3, -0.25) is 0 Å². The molecule has 1 aliphatic rings. The highest BCUT2D eigenvalue weighted by Gasteiger charge is 2.38. The Hall–Kier alpha value is -0.980. The molecule has 17 heavy (non-hydrogen) atoms. The highest BCUT2D eigenvalue weighted by molar-refractivity contribution is 14.1. The van der Waals surface area contributed by atoms with Gasteiger partial charge in [0, 0.05) is 35.1 Å². The molecule has 0 radical (unpaired) electrons. The Labute approximate surface area is 112 Å². The summed E-state index contributed by atoms with van der Waals surface area (Å²) in [5.74, 6) is 1.45. The smallest absolute Gasteiger partial charge is 0.300 e. The van der Waals surface area contributed by atoms with E-state index in [1.165, 1.54) is 6.39 Å².